The molecule has 7 atom stereocenters. The molecule has 2 nitrogen and oxygen atoms in total. The van der Waals surface area contributed by atoms with Crippen LogP contribution in [-0.4, -0.2) is 12.5 Å². The summed E-state index contributed by atoms with van der Waals surface area (Å²) in [4.78, 5) is 11.3. The first-order chi connectivity index (χ1) is 11.4. The SMILES string of the molecule is CC(=O)NCC1C[C@H]2[C@@H]3CC[C@H]4CCCC[C@]4(C)[C@H]3CC[C@]2(C)C1. The van der Waals surface area contributed by atoms with E-state index in [9.17, 15) is 4.79 Å². The zero-order valence-electron chi connectivity index (χ0n) is 16.1. The molecule has 0 aliphatic heterocycles. The highest BCUT2D eigenvalue weighted by Crippen LogP contribution is 2.66. The highest BCUT2D eigenvalue weighted by molar-refractivity contribution is 5.72. The molecule has 136 valence electrons. The Bertz CT molecular complexity index is 502. The van der Waals surface area contributed by atoms with Gasteiger partial charge in [0, 0.05) is 13.5 Å². The van der Waals surface area contributed by atoms with Crippen LogP contribution in [0.25, 0.3) is 0 Å². The monoisotopic (exact) mass is 331 g/mol. The molecule has 0 aromatic carbocycles. The summed E-state index contributed by atoms with van der Waals surface area (Å²) in [6, 6.07) is 0. The summed E-state index contributed by atoms with van der Waals surface area (Å²) in [5, 5.41) is 3.10. The first-order valence-corrected chi connectivity index (χ1v) is 10.7. The van der Waals surface area contributed by atoms with Crippen LogP contribution in [0.4, 0.5) is 0 Å². The summed E-state index contributed by atoms with van der Waals surface area (Å²) in [6.07, 6.45) is 14.6. The van der Waals surface area contributed by atoms with E-state index in [0.29, 0.717) is 10.8 Å². The lowest BCUT2D eigenvalue weighted by molar-refractivity contribution is -0.119. The van der Waals surface area contributed by atoms with Crippen LogP contribution in [0.3, 0.4) is 0 Å². The molecule has 1 amide bonds. The number of hydrogen-bond acceptors (Lipinski definition) is 1. The van der Waals surface area contributed by atoms with Crippen LogP contribution < -0.4 is 5.32 Å². The third-order valence-corrected chi connectivity index (χ3v) is 9.08. The van der Waals surface area contributed by atoms with Crippen molar-refractivity contribution in [3.63, 3.8) is 0 Å². The van der Waals surface area contributed by atoms with E-state index in [-0.39, 0.29) is 5.91 Å². The van der Waals surface area contributed by atoms with E-state index in [0.717, 1.165) is 36.1 Å². The molecule has 0 saturated heterocycles. The molecule has 4 fully saturated rings. The van der Waals surface area contributed by atoms with Crippen LogP contribution in [0.1, 0.15) is 85.0 Å². The largest absolute Gasteiger partial charge is 0.356 e. The highest BCUT2D eigenvalue weighted by Gasteiger charge is 2.58. The highest BCUT2D eigenvalue weighted by atomic mass is 16.1. The second kappa shape index (κ2) is 6.02. The number of carbonyl (C=O) groups is 1. The summed E-state index contributed by atoms with van der Waals surface area (Å²) in [5.41, 5.74) is 1.21. The fraction of sp³-hybridized carbons (Fsp3) is 0.955. The van der Waals surface area contributed by atoms with Gasteiger partial charge in [-0.05, 0) is 91.8 Å². The molecule has 4 rings (SSSR count). The van der Waals surface area contributed by atoms with Gasteiger partial charge in [-0.15, -0.1) is 0 Å². The van der Waals surface area contributed by atoms with Crippen LogP contribution in [-0.2, 0) is 4.79 Å². The van der Waals surface area contributed by atoms with Crippen LogP contribution in [0.15, 0.2) is 0 Å². The number of amides is 1. The Morgan fingerprint density at radius 1 is 1.04 bits per heavy atom. The van der Waals surface area contributed by atoms with Crippen molar-refractivity contribution in [2.24, 2.45) is 40.4 Å². The van der Waals surface area contributed by atoms with E-state index in [2.05, 4.69) is 19.2 Å². The molecule has 4 aliphatic rings. The van der Waals surface area contributed by atoms with Gasteiger partial charge >= 0.3 is 0 Å². The third-order valence-electron chi connectivity index (χ3n) is 9.08. The van der Waals surface area contributed by atoms with Crippen molar-refractivity contribution in [2.75, 3.05) is 6.54 Å². The maximum Gasteiger partial charge on any atom is 0.216 e. The van der Waals surface area contributed by atoms with E-state index in [4.69, 9.17) is 0 Å². The molecule has 0 radical (unpaired) electrons. The molecule has 2 heteroatoms. The van der Waals surface area contributed by atoms with Crippen molar-refractivity contribution in [3.8, 4) is 0 Å². The molecule has 1 N–H and O–H groups in total. The predicted octanol–water partition coefficient (Wildman–Crippen LogP) is 5.17. The fourth-order valence-corrected chi connectivity index (χ4v) is 7.95. The summed E-state index contributed by atoms with van der Waals surface area (Å²) in [7, 11) is 0. The first kappa shape index (κ1) is 16.9. The number of hydrogen-bond donors (Lipinski definition) is 1. The van der Waals surface area contributed by atoms with E-state index < -0.39 is 0 Å². The Balaban J connectivity index is 1.52. The van der Waals surface area contributed by atoms with Gasteiger partial charge in [0.1, 0.15) is 0 Å². The zero-order chi connectivity index (χ0) is 16.9. The molecular formula is C22H37NO. The van der Waals surface area contributed by atoms with Gasteiger partial charge in [-0.3, -0.25) is 4.79 Å². The van der Waals surface area contributed by atoms with Crippen LogP contribution >= 0.6 is 0 Å². The Kier molecular flexibility index (Phi) is 4.24. The first-order valence-electron chi connectivity index (χ1n) is 10.7. The number of carbonyl (C=O) groups excluding carboxylic acids is 1. The normalized spacial score (nSPS) is 50.5. The van der Waals surface area contributed by atoms with Gasteiger partial charge in [-0.1, -0.05) is 26.7 Å². The van der Waals surface area contributed by atoms with Crippen molar-refractivity contribution < 1.29 is 4.79 Å². The molecule has 1 unspecified atom stereocenters. The van der Waals surface area contributed by atoms with Gasteiger partial charge in [-0.25, -0.2) is 0 Å². The van der Waals surface area contributed by atoms with Crippen molar-refractivity contribution >= 4 is 5.91 Å². The molecule has 0 bridgehead atoms. The second-order valence-corrected chi connectivity index (χ2v) is 10.3. The maximum atomic E-state index is 11.3. The summed E-state index contributed by atoms with van der Waals surface area (Å²) in [5.74, 6) is 4.78. The van der Waals surface area contributed by atoms with Crippen LogP contribution in [0.5, 0.6) is 0 Å². The average molecular weight is 332 g/mol. The standard InChI is InChI=1S/C22H37NO/c1-15(24)23-14-16-12-20-18-8-7-17-6-4-5-10-22(17,3)19(18)9-11-21(20,2)13-16/h16-20H,4-14H2,1-3H3,(H,23,24)/t16?,17-,18-,19+,20+,21-,22+/m1/s1. The van der Waals surface area contributed by atoms with Gasteiger partial charge in [0.15, 0.2) is 0 Å². The second-order valence-electron chi connectivity index (χ2n) is 10.3. The van der Waals surface area contributed by atoms with Crippen LogP contribution in [0.2, 0.25) is 0 Å². The Hall–Kier alpha value is -0.530. The fourth-order valence-electron chi connectivity index (χ4n) is 7.95. The van der Waals surface area contributed by atoms with Crippen molar-refractivity contribution in [1.82, 2.24) is 5.32 Å². The lowest BCUT2D eigenvalue weighted by Gasteiger charge is -2.60. The molecule has 0 aromatic heterocycles. The van der Waals surface area contributed by atoms with Gasteiger partial charge < -0.3 is 5.32 Å². The number of rotatable bonds is 2. The summed E-state index contributed by atoms with van der Waals surface area (Å²) < 4.78 is 0. The smallest absolute Gasteiger partial charge is 0.216 e. The molecule has 0 spiro atoms. The van der Waals surface area contributed by atoms with Crippen molar-refractivity contribution in [2.45, 2.75) is 85.0 Å². The van der Waals surface area contributed by atoms with Gasteiger partial charge in [0.25, 0.3) is 0 Å². The third kappa shape index (κ3) is 2.63. The van der Waals surface area contributed by atoms with E-state index in [1.54, 1.807) is 6.92 Å². The van der Waals surface area contributed by atoms with Crippen molar-refractivity contribution in [1.29, 1.82) is 0 Å². The van der Waals surface area contributed by atoms with E-state index >= 15 is 0 Å². The lowest BCUT2D eigenvalue weighted by atomic mass is 9.45. The predicted molar refractivity (Wildman–Crippen MR) is 98.5 cm³/mol. The molecular weight excluding hydrogens is 294 g/mol. The van der Waals surface area contributed by atoms with Gasteiger partial charge in [0.05, 0.1) is 0 Å². The van der Waals surface area contributed by atoms with E-state index in [1.165, 1.54) is 64.2 Å². The average Bonchev–Trinajstić information content (AvgIpc) is 2.89. The molecule has 4 saturated carbocycles. The minimum absolute atomic E-state index is 0.142. The summed E-state index contributed by atoms with van der Waals surface area (Å²) in [6.45, 7) is 7.82. The number of nitrogens with one attached hydrogen (secondary N) is 1. The van der Waals surface area contributed by atoms with Crippen LogP contribution in [0, 0.1) is 40.4 Å². The molecule has 0 aromatic rings. The summed E-state index contributed by atoms with van der Waals surface area (Å²) >= 11 is 0. The topological polar surface area (TPSA) is 29.1 Å². The molecule has 4 aliphatic carbocycles. The Labute approximate surface area is 148 Å². The van der Waals surface area contributed by atoms with E-state index in [1.807, 2.05) is 0 Å². The quantitative estimate of drug-likeness (QED) is 0.743. The minimum atomic E-state index is 0.142. The molecule has 24 heavy (non-hydrogen) atoms. The van der Waals surface area contributed by atoms with Crippen molar-refractivity contribution in [3.05, 3.63) is 0 Å². The Morgan fingerprint density at radius 3 is 2.67 bits per heavy atom. The van der Waals surface area contributed by atoms with Gasteiger partial charge in [-0.2, -0.15) is 0 Å². The minimum Gasteiger partial charge on any atom is -0.356 e. The maximum absolute atomic E-state index is 11.3. The molecule has 0 heterocycles. The zero-order valence-corrected chi connectivity index (χ0v) is 16.1. The Morgan fingerprint density at radius 2 is 1.88 bits per heavy atom. The lowest BCUT2D eigenvalue weighted by Crippen LogP contribution is -2.51. The number of fused-ring (bicyclic) bond motifs is 5. The van der Waals surface area contributed by atoms with Gasteiger partial charge in [0.2, 0.25) is 5.91 Å².